The maximum Gasteiger partial charge on any atom is 0.405 e. The Bertz CT molecular complexity index is 1560. The zero-order chi connectivity index (χ0) is 31.2. The normalized spacial score (nSPS) is 12.5. The van der Waals surface area contributed by atoms with Crippen LogP contribution in [0.3, 0.4) is 0 Å². The number of allylic oxidation sites excluding steroid dienone is 1. The second kappa shape index (κ2) is 13.3. The van der Waals surface area contributed by atoms with E-state index in [1.165, 1.54) is 33.8 Å². The predicted molar refractivity (Wildman–Crippen MR) is 143 cm³/mol. The van der Waals surface area contributed by atoms with Crippen LogP contribution in [0.5, 0.6) is 0 Å². The summed E-state index contributed by atoms with van der Waals surface area (Å²) in [5, 5.41) is 13.6. The molecule has 3 aromatic heterocycles. The van der Waals surface area contributed by atoms with E-state index in [0.29, 0.717) is 5.69 Å². The first-order valence-electron chi connectivity index (χ1n) is 12.6. The Morgan fingerprint density at radius 3 is 2.60 bits per heavy atom. The van der Waals surface area contributed by atoms with E-state index >= 15 is 0 Å². The van der Waals surface area contributed by atoms with Gasteiger partial charge in [0, 0.05) is 32.6 Å². The van der Waals surface area contributed by atoms with Gasteiger partial charge in [-0.3, -0.25) is 19.4 Å². The van der Waals surface area contributed by atoms with Crippen LogP contribution in [-0.4, -0.2) is 73.7 Å². The van der Waals surface area contributed by atoms with Crippen LogP contribution in [-0.2, 0) is 22.6 Å². The van der Waals surface area contributed by atoms with Gasteiger partial charge < -0.3 is 30.2 Å². The van der Waals surface area contributed by atoms with Gasteiger partial charge in [0.05, 0.1) is 24.0 Å². The van der Waals surface area contributed by atoms with E-state index in [0.717, 1.165) is 6.20 Å². The topological polar surface area (TPSA) is 162 Å². The average Bonchev–Trinajstić information content (AvgIpc) is 3.33. The number of alkyl halides is 3. The fraction of sp³-hybridized carbons (Fsp3) is 0.385. The number of fused-ring (bicyclic) bond motifs is 1. The molecule has 3 amide bonds. The van der Waals surface area contributed by atoms with Crippen LogP contribution < -0.4 is 16.2 Å². The fourth-order valence-corrected chi connectivity index (χ4v) is 3.93. The molecule has 0 aliphatic heterocycles. The number of carbonyl (C=O) groups excluding carboxylic acids is 2. The number of rotatable bonds is 11. The highest BCUT2D eigenvalue weighted by molar-refractivity contribution is 5.96. The molecule has 0 aromatic carbocycles. The Balaban J connectivity index is 1.82. The van der Waals surface area contributed by atoms with Gasteiger partial charge in [0.15, 0.2) is 5.82 Å². The Morgan fingerprint density at radius 1 is 1.24 bits per heavy atom. The van der Waals surface area contributed by atoms with Gasteiger partial charge in [-0.2, -0.15) is 13.2 Å². The summed E-state index contributed by atoms with van der Waals surface area (Å²) >= 11 is 0. The quantitative estimate of drug-likeness (QED) is 0.196. The number of H-pyrrole nitrogens is 1. The number of carbonyl (C=O) groups is 3. The minimum Gasteiger partial charge on any atom is -0.465 e. The number of carboxylic acid groups (broad SMARTS) is 1. The van der Waals surface area contributed by atoms with Gasteiger partial charge in [-0.05, 0) is 38.0 Å². The molecule has 0 aliphatic rings. The van der Waals surface area contributed by atoms with Gasteiger partial charge in [0.2, 0.25) is 11.8 Å². The highest BCUT2D eigenvalue weighted by Gasteiger charge is 2.28. The molecule has 0 aliphatic carbocycles. The number of aryl methyl sites for hydroxylation is 2. The number of aromatic nitrogens is 4. The molecule has 0 saturated heterocycles. The first-order chi connectivity index (χ1) is 19.7. The average molecular weight is 596 g/mol. The van der Waals surface area contributed by atoms with Gasteiger partial charge in [0.25, 0.3) is 5.56 Å². The van der Waals surface area contributed by atoms with E-state index in [9.17, 15) is 36.7 Å². The van der Waals surface area contributed by atoms with Crippen molar-refractivity contribution in [3.8, 4) is 0 Å². The standard InChI is InChI=1S/C26H29F4N7O5/c1-14-8-9-18(32-23(39)17(33-25(41)42)6-4-5-7-20(38)36(2)3)24(40)37(14)13-19-34-21-15(27)12-31-16(22(21)35-19)10-11-26(28,29)30/h5,7-9,12,17,33H,4,6,10-11,13H2,1-3H3,(H,32,39)(H,34,35)(H,41,42)/b7-5+. The molecule has 12 nitrogen and oxygen atoms in total. The molecule has 0 fully saturated rings. The van der Waals surface area contributed by atoms with Gasteiger partial charge in [-0.25, -0.2) is 14.2 Å². The van der Waals surface area contributed by atoms with E-state index in [-0.39, 0.29) is 53.5 Å². The van der Waals surface area contributed by atoms with Crippen molar-refractivity contribution in [1.82, 2.24) is 29.7 Å². The number of pyridine rings is 2. The Morgan fingerprint density at radius 2 is 1.95 bits per heavy atom. The first-order valence-corrected chi connectivity index (χ1v) is 12.6. The first kappa shape index (κ1) is 31.8. The second-order valence-electron chi connectivity index (χ2n) is 9.56. The third-order valence-corrected chi connectivity index (χ3v) is 6.14. The molecule has 3 aromatic rings. The molecule has 16 heteroatoms. The largest absolute Gasteiger partial charge is 0.465 e. The summed E-state index contributed by atoms with van der Waals surface area (Å²) in [6.07, 6.45) is -3.86. The summed E-state index contributed by atoms with van der Waals surface area (Å²) in [7, 11) is 3.12. The van der Waals surface area contributed by atoms with Gasteiger partial charge in [0.1, 0.15) is 23.1 Å². The van der Waals surface area contributed by atoms with Crippen molar-refractivity contribution in [1.29, 1.82) is 0 Å². The third kappa shape index (κ3) is 8.37. The van der Waals surface area contributed by atoms with Crippen LogP contribution in [0.25, 0.3) is 11.0 Å². The van der Waals surface area contributed by atoms with Crippen LogP contribution in [0.1, 0.15) is 36.5 Å². The van der Waals surface area contributed by atoms with Crippen LogP contribution in [0.2, 0.25) is 0 Å². The zero-order valence-electron chi connectivity index (χ0n) is 22.9. The lowest BCUT2D eigenvalue weighted by Crippen LogP contribution is -2.44. The molecule has 3 heterocycles. The maximum absolute atomic E-state index is 14.4. The number of amides is 3. The van der Waals surface area contributed by atoms with Crippen molar-refractivity contribution in [3.05, 3.63) is 63.9 Å². The SMILES string of the molecule is Cc1ccc(NC(=O)C(CC/C=C/C(=O)N(C)C)NC(=O)O)c(=O)n1Cc1nc2c(F)cnc(CCC(F)(F)F)c2[nH]1. The van der Waals surface area contributed by atoms with Crippen LogP contribution >= 0.6 is 0 Å². The number of nitrogens with zero attached hydrogens (tertiary/aromatic N) is 4. The monoisotopic (exact) mass is 595 g/mol. The predicted octanol–water partition coefficient (Wildman–Crippen LogP) is 3.11. The van der Waals surface area contributed by atoms with Crippen molar-refractivity contribution in [2.45, 2.75) is 51.4 Å². The summed E-state index contributed by atoms with van der Waals surface area (Å²) in [5.74, 6) is -1.90. The van der Waals surface area contributed by atoms with E-state index in [1.807, 2.05) is 0 Å². The fourth-order valence-electron chi connectivity index (χ4n) is 3.93. The van der Waals surface area contributed by atoms with Crippen LogP contribution in [0.4, 0.5) is 28.0 Å². The van der Waals surface area contributed by atoms with Crippen molar-refractivity contribution in [2.24, 2.45) is 0 Å². The second-order valence-corrected chi connectivity index (χ2v) is 9.56. The summed E-state index contributed by atoms with van der Waals surface area (Å²) < 4.78 is 53.7. The lowest BCUT2D eigenvalue weighted by Gasteiger charge is -2.17. The minimum absolute atomic E-state index is 0.00928. The smallest absolute Gasteiger partial charge is 0.405 e. The van der Waals surface area contributed by atoms with Crippen LogP contribution in [0, 0.1) is 12.7 Å². The molecule has 0 saturated carbocycles. The molecule has 1 atom stereocenters. The minimum atomic E-state index is -4.44. The molecule has 3 rings (SSSR count). The molecular formula is C26H29F4N7O5. The number of hydrogen-bond acceptors (Lipinski definition) is 6. The Hall–Kier alpha value is -4.76. The number of imidazole rings is 1. The van der Waals surface area contributed by atoms with E-state index < -0.39 is 48.4 Å². The summed E-state index contributed by atoms with van der Waals surface area (Å²) in [4.78, 5) is 61.0. The number of nitrogens with one attached hydrogen (secondary N) is 3. The van der Waals surface area contributed by atoms with Gasteiger partial charge >= 0.3 is 12.3 Å². The highest BCUT2D eigenvalue weighted by atomic mass is 19.4. The summed E-state index contributed by atoms with van der Waals surface area (Å²) in [6.45, 7) is 1.34. The van der Waals surface area contributed by atoms with E-state index in [2.05, 4.69) is 25.6 Å². The number of likely N-dealkylation sites (N-methyl/N-ethyl adjacent to an activating group) is 1. The molecule has 4 N–H and O–H groups in total. The number of aromatic amines is 1. The number of anilines is 1. The molecule has 42 heavy (non-hydrogen) atoms. The maximum atomic E-state index is 14.4. The number of halogens is 4. The highest BCUT2D eigenvalue weighted by Crippen LogP contribution is 2.25. The van der Waals surface area contributed by atoms with Crippen molar-refractivity contribution >= 4 is 34.6 Å². The van der Waals surface area contributed by atoms with E-state index in [1.54, 1.807) is 21.0 Å². The lowest BCUT2D eigenvalue weighted by molar-refractivity contribution is -0.134. The molecule has 0 bridgehead atoms. The van der Waals surface area contributed by atoms with Gasteiger partial charge in [-0.1, -0.05) is 6.08 Å². The molecule has 0 radical (unpaired) electrons. The van der Waals surface area contributed by atoms with E-state index in [4.69, 9.17) is 5.11 Å². The third-order valence-electron chi connectivity index (χ3n) is 6.14. The molecule has 226 valence electrons. The number of hydrogen-bond donors (Lipinski definition) is 4. The van der Waals surface area contributed by atoms with Gasteiger partial charge in [-0.15, -0.1) is 0 Å². The Labute approximate surface area is 236 Å². The molecule has 1 unspecified atom stereocenters. The lowest BCUT2D eigenvalue weighted by atomic mass is 10.1. The molecule has 0 spiro atoms. The Kier molecular flexibility index (Phi) is 10.0. The molecular weight excluding hydrogens is 566 g/mol. The van der Waals surface area contributed by atoms with Crippen molar-refractivity contribution in [2.75, 3.05) is 19.4 Å². The van der Waals surface area contributed by atoms with Crippen molar-refractivity contribution < 1.29 is 37.1 Å². The summed E-state index contributed by atoms with van der Waals surface area (Å²) in [5.41, 5.74) is -0.735. The van der Waals surface area contributed by atoms with Crippen LogP contribution in [0.15, 0.2) is 35.3 Å². The summed E-state index contributed by atoms with van der Waals surface area (Å²) in [6, 6.07) is 1.58. The van der Waals surface area contributed by atoms with Crippen molar-refractivity contribution in [3.63, 3.8) is 0 Å². The zero-order valence-corrected chi connectivity index (χ0v) is 22.9.